The molecule has 2 aromatic carbocycles. The predicted octanol–water partition coefficient (Wildman–Crippen LogP) is 1.83. The Kier molecular flexibility index (Phi) is 9.10. The van der Waals surface area contributed by atoms with Gasteiger partial charge in [-0.05, 0) is 30.3 Å². The number of ether oxygens (including phenoxy) is 2. The van der Waals surface area contributed by atoms with E-state index >= 15 is 0 Å². The fraction of sp³-hybridized carbons (Fsp3) is 0.222. The van der Waals surface area contributed by atoms with Crippen LogP contribution in [0.4, 0.5) is 5.69 Å². The number of hydrogen-bond acceptors (Lipinski definition) is 10. The molecular weight excluding hydrogens is 436 g/mol. The van der Waals surface area contributed by atoms with Crippen molar-refractivity contribution in [3.8, 4) is 11.5 Å². The third kappa shape index (κ3) is 7.26. The van der Waals surface area contributed by atoms with Gasteiger partial charge in [-0.3, -0.25) is 0 Å². The largest absolute Gasteiger partial charge is 0.497 e. The fourth-order valence-electron chi connectivity index (χ4n) is 2.07. The second-order valence-corrected chi connectivity index (χ2v) is 9.43. The number of aliphatic imine (C=N–C) groups is 2. The summed E-state index contributed by atoms with van der Waals surface area (Å²) in [5.41, 5.74) is 0.300. The molecule has 10 nitrogen and oxygen atoms in total. The summed E-state index contributed by atoms with van der Waals surface area (Å²) in [6.07, 6.45) is 3.63. The molecule has 160 valence electrons. The number of carbonyl (C=O) groups excluding carboxylic acids is 2. The molecule has 30 heavy (non-hydrogen) atoms. The minimum atomic E-state index is -3.56. The van der Waals surface area contributed by atoms with Gasteiger partial charge in [0.05, 0.1) is 24.8 Å². The summed E-state index contributed by atoms with van der Waals surface area (Å²) in [6.45, 7) is 0. The lowest BCUT2D eigenvalue weighted by Crippen LogP contribution is -2.04. The summed E-state index contributed by atoms with van der Waals surface area (Å²) in [5.74, 6) is 0.00378. The Morgan fingerprint density at radius 3 is 2.17 bits per heavy atom. The van der Waals surface area contributed by atoms with Crippen LogP contribution >= 0.6 is 0 Å². The molecule has 0 aliphatic rings. The van der Waals surface area contributed by atoms with Gasteiger partial charge in [-0.15, -0.1) is 0 Å². The molecule has 2 rings (SSSR count). The van der Waals surface area contributed by atoms with Gasteiger partial charge in [-0.25, -0.2) is 26.4 Å². The van der Waals surface area contributed by atoms with E-state index in [4.69, 9.17) is 9.47 Å². The Hall–Kier alpha value is -3.30. The molecule has 0 amide bonds. The molecule has 0 aliphatic heterocycles. The number of hydrogen-bond donors (Lipinski definition) is 0. The molecule has 0 saturated heterocycles. The van der Waals surface area contributed by atoms with Gasteiger partial charge >= 0.3 is 0 Å². The van der Waals surface area contributed by atoms with E-state index in [9.17, 15) is 26.4 Å². The van der Waals surface area contributed by atoms with E-state index in [-0.39, 0.29) is 15.5 Å². The molecule has 0 N–H and O–H groups in total. The number of sulfone groups is 2. The van der Waals surface area contributed by atoms with Crippen molar-refractivity contribution < 1.29 is 35.9 Å². The van der Waals surface area contributed by atoms with E-state index in [1.54, 1.807) is 12.1 Å². The quantitative estimate of drug-likeness (QED) is 0.455. The standard InChI is InChI=1S/2C9H9NO4S/c1-14-8-5-7(10-6-11)3-4-9(8)15(2,12)13;1-14-8-3-2-4-9(5-8)15(12,13)7-10-6-11/h3-5H,1-2H3;2-5H,7H2,1H3. The smallest absolute Gasteiger partial charge is 0.240 e. The lowest BCUT2D eigenvalue weighted by atomic mass is 10.3. The Bertz CT molecular complexity index is 1190. The maximum Gasteiger partial charge on any atom is 0.240 e. The van der Waals surface area contributed by atoms with Crippen molar-refractivity contribution in [3.05, 3.63) is 42.5 Å². The molecule has 0 aliphatic carbocycles. The molecule has 2 aromatic rings. The van der Waals surface area contributed by atoms with Crippen LogP contribution in [0.3, 0.4) is 0 Å². The van der Waals surface area contributed by atoms with Crippen LogP contribution in [0.1, 0.15) is 0 Å². The first-order valence-electron chi connectivity index (χ1n) is 7.95. The molecular formula is C18H18N2O8S2. The first-order chi connectivity index (χ1) is 14.1. The molecule has 0 fully saturated rings. The number of rotatable bonds is 7. The second kappa shape index (κ2) is 11.0. The van der Waals surface area contributed by atoms with Crippen molar-refractivity contribution >= 4 is 37.5 Å². The van der Waals surface area contributed by atoms with Gasteiger partial charge in [-0.1, -0.05) is 6.07 Å². The number of benzene rings is 2. The first-order valence-corrected chi connectivity index (χ1v) is 11.5. The van der Waals surface area contributed by atoms with Crippen LogP contribution in [0, 0.1) is 0 Å². The molecule has 0 aromatic heterocycles. The molecule has 0 saturated carbocycles. The highest BCUT2D eigenvalue weighted by atomic mass is 32.2. The van der Waals surface area contributed by atoms with Crippen molar-refractivity contribution in [1.82, 2.24) is 0 Å². The highest BCUT2D eigenvalue weighted by Gasteiger charge is 2.15. The lowest BCUT2D eigenvalue weighted by molar-refractivity contribution is 0.403. The van der Waals surface area contributed by atoms with Crippen LogP contribution in [-0.2, 0) is 29.3 Å². The van der Waals surface area contributed by atoms with Gasteiger partial charge in [0, 0.05) is 12.3 Å². The van der Waals surface area contributed by atoms with Crippen molar-refractivity contribution in [2.24, 2.45) is 9.98 Å². The monoisotopic (exact) mass is 454 g/mol. The molecule has 0 heterocycles. The van der Waals surface area contributed by atoms with E-state index in [1.165, 1.54) is 56.7 Å². The van der Waals surface area contributed by atoms with Crippen molar-refractivity contribution in [2.75, 3.05) is 26.4 Å². The summed E-state index contributed by atoms with van der Waals surface area (Å²) in [5, 5.41) is 0. The van der Waals surface area contributed by atoms with Crippen molar-refractivity contribution in [3.63, 3.8) is 0 Å². The van der Waals surface area contributed by atoms with Crippen molar-refractivity contribution in [1.29, 1.82) is 0 Å². The normalized spacial score (nSPS) is 10.5. The van der Waals surface area contributed by atoms with Gasteiger partial charge in [0.15, 0.2) is 25.6 Å². The topological polar surface area (TPSA) is 146 Å². The Morgan fingerprint density at radius 2 is 1.63 bits per heavy atom. The predicted molar refractivity (Wildman–Crippen MR) is 107 cm³/mol. The number of nitrogens with zero attached hydrogens (tertiary/aromatic N) is 2. The van der Waals surface area contributed by atoms with Gasteiger partial charge < -0.3 is 9.47 Å². The first kappa shape index (κ1) is 24.7. The van der Waals surface area contributed by atoms with Crippen LogP contribution < -0.4 is 9.47 Å². The SMILES string of the molecule is COc1cc(N=C=O)ccc1S(C)(=O)=O.COc1cccc(S(=O)(=O)CN=C=O)c1. The summed E-state index contributed by atoms with van der Waals surface area (Å²) >= 11 is 0. The van der Waals surface area contributed by atoms with E-state index < -0.39 is 25.6 Å². The highest BCUT2D eigenvalue weighted by Crippen LogP contribution is 2.28. The molecule has 0 atom stereocenters. The maximum absolute atomic E-state index is 11.5. The van der Waals surface area contributed by atoms with Crippen LogP contribution in [0.15, 0.2) is 62.2 Å². The maximum atomic E-state index is 11.5. The Balaban J connectivity index is 0.000000300. The Morgan fingerprint density at radius 1 is 0.933 bits per heavy atom. The minimum absolute atomic E-state index is 0.0647. The second-order valence-electron chi connectivity index (χ2n) is 5.48. The summed E-state index contributed by atoms with van der Waals surface area (Å²) in [6, 6.07) is 10.1. The minimum Gasteiger partial charge on any atom is -0.497 e. The summed E-state index contributed by atoms with van der Waals surface area (Å²) in [4.78, 5) is 26.4. The van der Waals surface area contributed by atoms with Gasteiger partial charge in [0.25, 0.3) is 0 Å². The zero-order valence-corrected chi connectivity index (χ0v) is 17.9. The number of isocyanates is 2. The van der Waals surface area contributed by atoms with Crippen LogP contribution in [0.2, 0.25) is 0 Å². The van der Waals surface area contributed by atoms with Crippen LogP contribution in [0.25, 0.3) is 0 Å². The van der Waals surface area contributed by atoms with Gasteiger partial charge in [0.1, 0.15) is 16.4 Å². The summed E-state index contributed by atoms with van der Waals surface area (Å²) < 4.78 is 55.4. The van der Waals surface area contributed by atoms with E-state index in [1.807, 2.05) is 0 Å². The molecule has 0 unspecified atom stereocenters. The van der Waals surface area contributed by atoms with E-state index in [0.29, 0.717) is 11.4 Å². The summed E-state index contributed by atoms with van der Waals surface area (Å²) in [7, 11) is -4.12. The molecule has 0 spiro atoms. The number of methoxy groups -OCH3 is 2. The van der Waals surface area contributed by atoms with E-state index in [2.05, 4.69) is 9.98 Å². The molecule has 12 heteroatoms. The van der Waals surface area contributed by atoms with Crippen LogP contribution in [-0.4, -0.2) is 55.3 Å². The zero-order valence-electron chi connectivity index (χ0n) is 16.2. The highest BCUT2D eigenvalue weighted by molar-refractivity contribution is 7.91. The fourth-order valence-corrected chi connectivity index (χ4v) is 3.84. The third-order valence-corrected chi connectivity index (χ3v) is 6.00. The van der Waals surface area contributed by atoms with Crippen LogP contribution in [0.5, 0.6) is 11.5 Å². The van der Waals surface area contributed by atoms with Gasteiger partial charge in [-0.2, -0.15) is 9.98 Å². The Labute approximate surface area is 173 Å². The molecule has 0 radical (unpaired) electrons. The van der Waals surface area contributed by atoms with Gasteiger partial charge in [0.2, 0.25) is 12.2 Å². The van der Waals surface area contributed by atoms with Crippen molar-refractivity contribution in [2.45, 2.75) is 9.79 Å². The lowest BCUT2D eigenvalue weighted by Gasteiger charge is -2.06. The third-order valence-electron chi connectivity index (χ3n) is 3.42. The average Bonchev–Trinajstić information content (AvgIpc) is 2.72. The average molecular weight is 454 g/mol. The van der Waals surface area contributed by atoms with E-state index in [0.717, 1.165) is 6.26 Å². The molecule has 0 bridgehead atoms. The zero-order chi connectivity index (χ0) is 22.8.